The monoisotopic (exact) mass is 311 g/mol. The minimum Gasteiger partial charge on any atom is -0.496 e. The van der Waals surface area contributed by atoms with E-state index in [9.17, 15) is 5.26 Å². The Bertz CT molecular complexity index is 429. The first-order valence-electron chi connectivity index (χ1n) is 5.69. The third-order valence-electron chi connectivity index (χ3n) is 2.54. The number of ether oxygens (including phenoxy) is 1. The van der Waals surface area contributed by atoms with Gasteiger partial charge in [-0.05, 0) is 32.3 Å². The number of halogens is 1. The van der Waals surface area contributed by atoms with E-state index in [0.29, 0.717) is 0 Å². The molecule has 1 N–H and O–H groups in total. The maximum Gasteiger partial charge on any atom is 0.125 e. The molecule has 1 aromatic carbocycles. The predicted octanol–water partition coefficient (Wildman–Crippen LogP) is 2.17. The lowest BCUT2D eigenvalue weighted by molar-refractivity contribution is 0.386. The van der Waals surface area contributed by atoms with Crippen LogP contribution in [-0.2, 0) is 0 Å². The van der Waals surface area contributed by atoms with E-state index in [1.165, 1.54) is 0 Å². The molecule has 0 radical (unpaired) electrons. The SMILES string of the molecule is COc1ccc(Br)cc1C(C#N)NCCN(C)C. The zero-order valence-corrected chi connectivity index (χ0v) is 12.5. The van der Waals surface area contributed by atoms with Crippen LogP contribution in [0.4, 0.5) is 0 Å². The first kappa shape index (κ1) is 15.0. The summed E-state index contributed by atoms with van der Waals surface area (Å²) in [5.41, 5.74) is 0.855. The molecule has 0 aromatic heterocycles. The van der Waals surface area contributed by atoms with E-state index < -0.39 is 0 Å². The average Bonchev–Trinajstić information content (AvgIpc) is 2.34. The summed E-state index contributed by atoms with van der Waals surface area (Å²) in [5, 5.41) is 12.5. The lowest BCUT2D eigenvalue weighted by Gasteiger charge is -2.17. The number of hydrogen-bond acceptors (Lipinski definition) is 4. The van der Waals surface area contributed by atoms with Crippen molar-refractivity contribution in [2.24, 2.45) is 0 Å². The highest BCUT2D eigenvalue weighted by molar-refractivity contribution is 9.10. The highest BCUT2D eigenvalue weighted by atomic mass is 79.9. The molecule has 0 amide bonds. The van der Waals surface area contributed by atoms with Gasteiger partial charge in [-0.1, -0.05) is 15.9 Å². The molecule has 5 heteroatoms. The molecule has 1 atom stereocenters. The maximum absolute atomic E-state index is 9.26. The van der Waals surface area contributed by atoms with Gasteiger partial charge >= 0.3 is 0 Å². The van der Waals surface area contributed by atoms with E-state index in [4.69, 9.17) is 4.74 Å². The molecule has 1 rings (SSSR count). The van der Waals surface area contributed by atoms with Gasteiger partial charge in [0, 0.05) is 23.1 Å². The molecule has 4 nitrogen and oxygen atoms in total. The van der Waals surface area contributed by atoms with Crippen LogP contribution in [0.2, 0.25) is 0 Å². The maximum atomic E-state index is 9.26. The summed E-state index contributed by atoms with van der Waals surface area (Å²) in [7, 11) is 5.62. The van der Waals surface area contributed by atoms with Crippen molar-refractivity contribution in [3.8, 4) is 11.8 Å². The Morgan fingerprint density at radius 2 is 2.22 bits per heavy atom. The van der Waals surface area contributed by atoms with Crippen molar-refractivity contribution < 1.29 is 4.74 Å². The van der Waals surface area contributed by atoms with Crippen molar-refractivity contribution in [2.75, 3.05) is 34.3 Å². The molecule has 0 aliphatic carbocycles. The standard InChI is InChI=1S/C13H18BrN3O/c1-17(2)7-6-16-12(9-15)11-8-10(14)4-5-13(11)18-3/h4-5,8,12,16H,6-7H2,1-3H3. The van der Waals surface area contributed by atoms with Crippen LogP contribution < -0.4 is 10.1 Å². The molecule has 0 fully saturated rings. The lowest BCUT2D eigenvalue weighted by Crippen LogP contribution is -2.29. The fourth-order valence-corrected chi connectivity index (χ4v) is 1.97. The van der Waals surface area contributed by atoms with Gasteiger partial charge in [-0.3, -0.25) is 5.32 Å². The second-order valence-electron chi connectivity index (χ2n) is 4.21. The third kappa shape index (κ3) is 4.30. The van der Waals surface area contributed by atoms with Crippen molar-refractivity contribution in [2.45, 2.75) is 6.04 Å². The topological polar surface area (TPSA) is 48.3 Å². The molecule has 1 aromatic rings. The van der Waals surface area contributed by atoms with Crippen LogP contribution in [0.3, 0.4) is 0 Å². The molecule has 1 unspecified atom stereocenters. The zero-order chi connectivity index (χ0) is 13.5. The lowest BCUT2D eigenvalue weighted by atomic mass is 10.1. The summed E-state index contributed by atoms with van der Waals surface area (Å²) in [6.07, 6.45) is 0. The van der Waals surface area contributed by atoms with Crippen LogP contribution >= 0.6 is 15.9 Å². The van der Waals surface area contributed by atoms with Crippen LogP contribution in [0, 0.1) is 11.3 Å². The molecule has 0 bridgehead atoms. The van der Waals surface area contributed by atoms with Gasteiger partial charge in [0.2, 0.25) is 0 Å². The number of nitriles is 1. The van der Waals surface area contributed by atoms with Crippen LogP contribution in [0.5, 0.6) is 5.75 Å². The van der Waals surface area contributed by atoms with E-state index in [1.807, 2.05) is 32.3 Å². The molecule has 0 aliphatic heterocycles. The second-order valence-corrected chi connectivity index (χ2v) is 5.12. The van der Waals surface area contributed by atoms with Gasteiger partial charge in [0.25, 0.3) is 0 Å². The Balaban J connectivity index is 2.81. The highest BCUT2D eigenvalue weighted by Crippen LogP contribution is 2.28. The summed E-state index contributed by atoms with van der Waals surface area (Å²) in [5.74, 6) is 0.724. The first-order valence-corrected chi connectivity index (χ1v) is 6.49. The number of rotatable bonds is 6. The fraction of sp³-hybridized carbons (Fsp3) is 0.462. The van der Waals surface area contributed by atoms with Crippen molar-refractivity contribution in [1.29, 1.82) is 5.26 Å². The van der Waals surface area contributed by atoms with Crippen LogP contribution in [0.25, 0.3) is 0 Å². The summed E-state index contributed by atoms with van der Waals surface area (Å²) in [4.78, 5) is 2.07. The minimum atomic E-state index is -0.364. The van der Waals surface area contributed by atoms with Crippen LogP contribution in [0.1, 0.15) is 11.6 Å². The van der Waals surface area contributed by atoms with Gasteiger partial charge in [0.15, 0.2) is 0 Å². The highest BCUT2D eigenvalue weighted by Gasteiger charge is 2.15. The minimum absolute atomic E-state index is 0.364. The molecule has 98 valence electrons. The van der Waals surface area contributed by atoms with Crippen LogP contribution in [0.15, 0.2) is 22.7 Å². The molecule has 0 spiro atoms. The Kier molecular flexibility index (Phi) is 6.13. The summed E-state index contributed by atoms with van der Waals surface area (Å²) >= 11 is 3.41. The smallest absolute Gasteiger partial charge is 0.125 e. The van der Waals surface area contributed by atoms with E-state index >= 15 is 0 Å². The Morgan fingerprint density at radius 1 is 1.50 bits per heavy atom. The summed E-state index contributed by atoms with van der Waals surface area (Å²) in [6.45, 7) is 1.63. The predicted molar refractivity (Wildman–Crippen MR) is 75.6 cm³/mol. The van der Waals surface area contributed by atoms with E-state index in [-0.39, 0.29) is 6.04 Å². The Labute approximate surface area is 117 Å². The molecule has 0 saturated carbocycles. The van der Waals surface area contributed by atoms with Crippen molar-refractivity contribution in [3.05, 3.63) is 28.2 Å². The van der Waals surface area contributed by atoms with Gasteiger partial charge in [0.1, 0.15) is 11.8 Å². The molecule has 0 saturated heterocycles. The molecule has 18 heavy (non-hydrogen) atoms. The van der Waals surface area contributed by atoms with Crippen molar-refractivity contribution in [1.82, 2.24) is 10.2 Å². The summed E-state index contributed by atoms with van der Waals surface area (Å²) in [6, 6.07) is 7.57. The number of benzene rings is 1. The van der Waals surface area contributed by atoms with Gasteiger partial charge < -0.3 is 9.64 Å². The van der Waals surface area contributed by atoms with E-state index in [0.717, 1.165) is 28.9 Å². The number of likely N-dealkylation sites (N-methyl/N-ethyl adjacent to an activating group) is 1. The normalized spacial score (nSPS) is 12.2. The van der Waals surface area contributed by atoms with Gasteiger partial charge in [0.05, 0.1) is 13.2 Å². The van der Waals surface area contributed by atoms with Gasteiger partial charge in [-0.25, -0.2) is 0 Å². The number of nitrogens with zero attached hydrogens (tertiary/aromatic N) is 2. The van der Waals surface area contributed by atoms with Gasteiger partial charge in [-0.2, -0.15) is 5.26 Å². The van der Waals surface area contributed by atoms with Crippen molar-refractivity contribution in [3.63, 3.8) is 0 Å². The van der Waals surface area contributed by atoms with Crippen molar-refractivity contribution >= 4 is 15.9 Å². The summed E-state index contributed by atoms with van der Waals surface area (Å²) < 4.78 is 6.23. The Morgan fingerprint density at radius 3 is 2.78 bits per heavy atom. The molecule has 0 heterocycles. The Hall–Kier alpha value is -1.09. The number of methoxy groups -OCH3 is 1. The quantitative estimate of drug-likeness (QED) is 0.874. The zero-order valence-electron chi connectivity index (χ0n) is 10.9. The van der Waals surface area contributed by atoms with E-state index in [1.54, 1.807) is 7.11 Å². The van der Waals surface area contributed by atoms with Crippen LogP contribution in [-0.4, -0.2) is 39.2 Å². The number of hydrogen-bond donors (Lipinski definition) is 1. The van der Waals surface area contributed by atoms with E-state index in [2.05, 4.69) is 32.2 Å². The largest absolute Gasteiger partial charge is 0.496 e. The molecular weight excluding hydrogens is 294 g/mol. The number of nitrogens with one attached hydrogen (secondary N) is 1. The average molecular weight is 312 g/mol. The second kappa shape index (κ2) is 7.37. The molecular formula is C13H18BrN3O. The molecule has 0 aliphatic rings. The third-order valence-corrected chi connectivity index (χ3v) is 3.03. The first-order chi connectivity index (χ1) is 8.58. The fourth-order valence-electron chi connectivity index (χ4n) is 1.59. The van der Waals surface area contributed by atoms with Gasteiger partial charge in [-0.15, -0.1) is 0 Å².